The second-order valence-electron chi connectivity index (χ2n) is 7.13. The summed E-state index contributed by atoms with van der Waals surface area (Å²) in [7, 11) is 0. The quantitative estimate of drug-likeness (QED) is 0.718. The van der Waals surface area contributed by atoms with Crippen LogP contribution in [0.1, 0.15) is 49.8 Å². The van der Waals surface area contributed by atoms with Gasteiger partial charge >= 0.3 is 0 Å². The van der Waals surface area contributed by atoms with Gasteiger partial charge in [-0.3, -0.25) is 0 Å². The maximum Gasteiger partial charge on any atom is 0.0943 e. The van der Waals surface area contributed by atoms with Gasteiger partial charge < -0.3 is 10.2 Å². The average molecular weight is 313 g/mol. The third-order valence-electron chi connectivity index (χ3n) is 5.39. The van der Waals surface area contributed by atoms with Crippen LogP contribution in [0.25, 0.3) is 0 Å². The van der Waals surface area contributed by atoms with Crippen molar-refractivity contribution in [1.82, 2.24) is 10.2 Å². The topological polar surface area (TPSA) is 15.3 Å². The summed E-state index contributed by atoms with van der Waals surface area (Å²) < 4.78 is 0. The maximum atomic E-state index is 4.30. The van der Waals surface area contributed by atoms with Crippen LogP contribution < -0.4 is 5.32 Å². The molecule has 0 bridgehead atoms. The number of aryl methyl sites for hydroxylation is 1. The minimum Gasteiger partial charge on any atom is -0.368 e. The van der Waals surface area contributed by atoms with E-state index in [1.54, 1.807) is 0 Å². The third-order valence-corrected chi connectivity index (χ3v) is 5.39. The monoisotopic (exact) mass is 312 g/mol. The minimum atomic E-state index is 0.576. The number of hydrogen-bond acceptors (Lipinski definition) is 2. The molecule has 2 atom stereocenters. The van der Waals surface area contributed by atoms with Crippen molar-refractivity contribution in [1.29, 1.82) is 0 Å². The normalized spacial score (nSPS) is 18.8. The number of nitrogens with zero attached hydrogens (tertiary/aromatic N) is 1. The molecule has 0 spiro atoms. The molecule has 0 radical (unpaired) electrons. The largest absolute Gasteiger partial charge is 0.368 e. The fourth-order valence-corrected chi connectivity index (χ4v) is 3.35. The van der Waals surface area contributed by atoms with Crippen LogP contribution in [-0.2, 0) is 6.54 Å². The number of nitrogens with one attached hydrogen (secondary N) is 1. The molecule has 1 N–H and O–H groups in total. The smallest absolute Gasteiger partial charge is 0.0943 e. The number of likely N-dealkylation sites (tertiary alicyclic amines) is 1. The lowest BCUT2D eigenvalue weighted by atomic mass is 9.94. The van der Waals surface area contributed by atoms with E-state index in [2.05, 4.69) is 69.3 Å². The Hall–Kier alpha value is -1.70. The lowest BCUT2D eigenvalue weighted by molar-refractivity contribution is 0.268. The molecule has 0 aromatic heterocycles. The molecule has 1 aliphatic heterocycles. The number of hydrogen-bond donors (Lipinski definition) is 1. The van der Waals surface area contributed by atoms with Gasteiger partial charge in [-0.25, -0.2) is 0 Å². The van der Waals surface area contributed by atoms with Gasteiger partial charge in [0.05, 0.1) is 5.82 Å². The first-order valence-corrected chi connectivity index (χ1v) is 8.80. The van der Waals surface area contributed by atoms with Crippen molar-refractivity contribution in [2.24, 2.45) is 5.92 Å². The van der Waals surface area contributed by atoms with Crippen molar-refractivity contribution >= 4 is 0 Å². The van der Waals surface area contributed by atoms with Crippen LogP contribution in [0, 0.1) is 19.8 Å². The van der Waals surface area contributed by atoms with E-state index in [-0.39, 0.29) is 0 Å². The summed E-state index contributed by atoms with van der Waals surface area (Å²) in [5, 5.41) is 3.55. The Bertz CT molecular complexity index is 573. The molecular formula is C21H32N2. The Morgan fingerprint density at radius 2 is 2.09 bits per heavy atom. The van der Waals surface area contributed by atoms with Gasteiger partial charge in [0, 0.05) is 19.1 Å². The van der Waals surface area contributed by atoms with Crippen LogP contribution in [-0.4, -0.2) is 17.5 Å². The third kappa shape index (κ3) is 4.40. The molecule has 0 saturated carbocycles. The van der Waals surface area contributed by atoms with Gasteiger partial charge in [0.25, 0.3) is 0 Å². The highest BCUT2D eigenvalue weighted by Crippen LogP contribution is 2.28. The summed E-state index contributed by atoms with van der Waals surface area (Å²) in [5.74, 6) is 1.65. The first kappa shape index (κ1) is 17.7. The van der Waals surface area contributed by atoms with Crippen molar-refractivity contribution in [3.8, 4) is 0 Å². The second-order valence-corrected chi connectivity index (χ2v) is 7.13. The van der Waals surface area contributed by atoms with E-state index >= 15 is 0 Å². The number of benzene rings is 1. The fourth-order valence-electron chi connectivity index (χ4n) is 3.35. The molecule has 2 nitrogen and oxygen atoms in total. The van der Waals surface area contributed by atoms with Crippen LogP contribution in [0.3, 0.4) is 0 Å². The van der Waals surface area contributed by atoms with Crippen molar-refractivity contribution in [2.45, 2.75) is 59.5 Å². The standard InChI is InChI=1S/C21H32N2/c1-15(2)17(4)13-21-11-8-12-23(21)19(6)22-14-20-10-7-9-16(3)18(20)5/h7,9-10,17,21-22H,1,6,8,11-14H2,2-5H3/t17?,21-/m0/s1. The Morgan fingerprint density at radius 3 is 2.78 bits per heavy atom. The first-order valence-electron chi connectivity index (χ1n) is 8.80. The van der Waals surface area contributed by atoms with Gasteiger partial charge in [-0.1, -0.05) is 43.9 Å². The van der Waals surface area contributed by atoms with Crippen molar-refractivity contribution < 1.29 is 0 Å². The Labute approximate surface area is 142 Å². The fraction of sp³-hybridized carbons (Fsp3) is 0.524. The van der Waals surface area contributed by atoms with Gasteiger partial charge in [0.2, 0.25) is 0 Å². The van der Waals surface area contributed by atoms with Gasteiger partial charge in [-0.15, -0.1) is 0 Å². The van der Waals surface area contributed by atoms with E-state index in [9.17, 15) is 0 Å². The summed E-state index contributed by atoms with van der Waals surface area (Å²) in [6.45, 7) is 19.2. The molecule has 1 unspecified atom stereocenters. The minimum absolute atomic E-state index is 0.576. The zero-order valence-corrected chi connectivity index (χ0v) is 15.3. The summed E-state index contributed by atoms with van der Waals surface area (Å²) in [6.07, 6.45) is 3.71. The highest BCUT2D eigenvalue weighted by atomic mass is 15.3. The predicted octanol–water partition coefficient (Wildman–Crippen LogP) is 4.93. The molecule has 0 aliphatic carbocycles. The highest BCUT2D eigenvalue weighted by molar-refractivity contribution is 5.33. The van der Waals surface area contributed by atoms with Gasteiger partial charge in [-0.05, 0) is 62.6 Å². The zero-order valence-electron chi connectivity index (χ0n) is 15.3. The second kappa shape index (κ2) is 7.72. The SMILES string of the molecule is C=C(C)C(C)C[C@@H]1CCCN1C(=C)NCc1cccc(C)c1C. The molecule has 2 rings (SSSR count). The van der Waals surface area contributed by atoms with E-state index in [1.807, 2.05) is 0 Å². The van der Waals surface area contributed by atoms with E-state index in [1.165, 1.54) is 41.5 Å². The molecule has 1 aromatic carbocycles. The van der Waals surface area contributed by atoms with Crippen LogP contribution in [0.4, 0.5) is 0 Å². The molecule has 1 saturated heterocycles. The van der Waals surface area contributed by atoms with Crippen LogP contribution in [0.15, 0.2) is 42.8 Å². The summed E-state index contributed by atoms with van der Waals surface area (Å²) in [6, 6.07) is 7.10. The van der Waals surface area contributed by atoms with Gasteiger partial charge in [-0.2, -0.15) is 0 Å². The average Bonchev–Trinajstić information content (AvgIpc) is 2.96. The summed E-state index contributed by atoms with van der Waals surface area (Å²) >= 11 is 0. The van der Waals surface area contributed by atoms with Crippen molar-refractivity contribution in [2.75, 3.05) is 6.54 Å². The van der Waals surface area contributed by atoms with E-state index in [4.69, 9.17) is 0 Å². The predicted molar refractivity (Wildman–Crippen MR) is 100 cm³/mol. The lowest BCUT2D eigenvalue weighted by Gasteiger charge is -2.31. The Kier molecular flexibility index (Phi) is 5.92. The Balaban J connectivity index is 1.94. The maximum absolute atomic E-state index is 4.30. The van der Waals surface area contributed by atoms with Gasteiger partial charge in [0.1, 0.15) is 0 Å². The molecule has 1 heterocycles. The van der Waals surface area contributed by atoms with Gasteiger partial charge in [0.15, 0.2) is 0 Å². The molecule has 126 valence electrons. The van der Waals surface area contributed by atoms with Crippen LogP contribution >= 0.6 is 0 Å². The van der Waals surface area contributed by atoms with Crippen LogP contribution in [0.2, 0.25) is 0 Å². The summed E-state index contributed by atoms with van der Waals surface area (Å²) in [5.41, 5.74) is 5.37. The summed E-state index contributed by atoms with van der Waals surface area (Å²) in [4.78, 5) is 2.46. The lowest BCUT2D eigenvalue weighted by Crippen LogP contribution is -2.35. The molecular weight excluding hydrogens is 280 g/mol. The molecule has 1 aliphatic rings. The van der Waals surface area contributed by atoms with E-state index in [0.717, 1.165) is 18.9 Å². The molecule has 1 aromatic rings. The highest BCUT2D eigenvalue weighted by Gasteiger charge is 2.27. The number of rotatable bonds is 7. The van der Waals surface area contributed by atoms with Crippen molar-refractivity contribution in [3.05, 3.63) is 59.4 Å². The molecule has 2 heteroatoms. The molecule has 1 fully saturated rings. The zero-order chi connectivity index (χ0) is 17.0. The number of allylic oxidation sites excluding steroid dienone is 1. The van der Waals surface area contributed by atoms with E-state index in [0.29, 0.717) is 12.0 Å². The van der Waals surface area contributed by atoms with Crippen molar-refractivity contribution in [3.63, 3.8) is 0 Å². The Morgan fingerprint density at radius 1 is 1.35 bits per heavy atom. The van der Waals surface area contributed by atoms with E-state index < -0.39 is 0 Å². The van der Waals surface area contributed by atoms with Crippen LogP contribution in [0.5, 0.6) is 0 Å². The molecule has 0 amide bonds. The molecule has 23 heavy (non-hydrogen) atoms. The first-order chi connectivity index (χ1) is 10.9.